The molecule has 0 saturated carbocycles. The van der Waals surface area contributed by atoms with Gasteiger partial charge in [0.15, 0.2) is 17.3 Å². The van der Waals surface area contributed by atoms with E-state index in [2.05, 4.69) is 21.1 Å². The number of H-pyrrole nitrogens is 1. The minimum absolute atomic E-state index is 0.0218. The number of methoxy groups -OCH3 is 2. The first-order valence-corrected chi connectivity index (χ1v) is 10.9. The molecule has 0 saturated heterocycles. The van der Waals surface area contributed by atoms with Crippen LogP contribution in [0.15, 0.2) is 46.5 Å². The van der Waals surface area contributed by atoms with Gasteiger partial charge in [-0.1, -0.05) is 12.0 Å². The second-order valence-electron chi connectivity index (χ2n) is 6.62. The SMILES string of the molecule is C#CCOc1ccc(/C=C(\Sc2n[nH]c(-c3cc(OC)cc(OC)c3)n2)C(=O)O)cc1OCC. The maximum atomic E-state index is 11.9. The molecule has 0 aliphatic rings. The maximum Gasteiger partial charge on any atom is 0.342 e. The standard InChI is InChI=1S/C24H23N3O6S/c1-5-9-33-19-8-7-15(10-20(19)32-6-2)11-21(23(28)29)34-24-25-22(26-27-24)16-12-17(30-3)14-18(13-16)31-4/h1,7-8,10-14H,6,9H2,2-4H3,(H,28,29)(H,25,26,27)/b21-11-. The van der Waals surface area contributed by atoms with Crippen molar-refractivity contribution in [3.05, 3.63) is 46.9 Å². The number of carboxylic acid groups (broad SMARTS) is 1. The number of carbonyl (C=O) groups is 1. The molecule has 0 aliphatic carbocycles. The highest BCUT2D eigenvalue weighted by Crippen LogP contribution is 2.33. The lowest BCUT2D eigenvalue weighted by Gasteiger charge is -2.11. The van der Waals surface area contributed by atoms with E-state index >= 15 is 0 Å². The molecule has 10 heteroatoms. The highest BCUT2D eigenvalue weighted by atomic mass is 32.2. The van der Waals surface area contributed by atoms with Crippen LogP contribution < -0.4 is 18.9 Å². The molecule has 0 amide bonds. The number of aromatic amines is 1. The second kappa shape index (κ2) is 11.7. The summed E-state index contributed by atoms with van der Waals surface area (Å²) >= 11 is 0.911. The van der Waals surface area contributed by atoms with Crippen LogP contribution in [-0.2, 0) is 4.79 Å². The quantitative estimate of drug-likeness (QED) is 0.237. The molecule has 3 aromatic rings. The Morgan fingerprint density at radius 1 is 1.15 bits per heavy atom. The number of carboxylic acids is 1. The first-order chi connectivity index (χ1) is 16.5. The number of terminal acetylenes is 1. The minimum Gasteiger partial charge on any atom is -0.497 e. The zero-order chi connectivity index (χ0) is 24.5. The number of aliphatic carboxylic acids is 1. The van der Waals surface area contributed by atoms with Crippen LogP contribution in [0.1, 0.15) is 12.5 Å². The summed E-state index contributed by atoms with van der Waals surface area (Å²) in [7, 11) is 3.10. The lowest BCUT2D eigenvalue weighted by atomic mass is 10.2. The summed E-state index contributed by atoms with van der Waals surface area (Å²) in [5.74, 6) is 3.85. The molecule has 0 fully saturated rings. The van der Waals surface area contributed by atoms with Crippen molar-refractivity contribution in [2.24, 2.45) is 0 Å². The third-order valence-corrected chi connectivity index (χ3v) is 5.26. The number of thioether (sulfide) groups is 1. The fourth-order valence-electron chi connectivity index (χ4n) is 2.87. The van der Waals surface area contributed by atoms with Gasteiger partial charge >= 0.3 is 5.97 Å². The van der Waals surface area contributed by atoms with E-state index in [1.54, 1.807) is 50.6 Å². The van der Waals surface area contributed by atoms with Gasteiger partial charge in [0.25, 0.3) is 0 Å². The average molecular weight is 482 g/mol. The summed E-state index contributed by atoms with van der Waals surface area (Å²) in [4.78, 5) is 16.3. The Morgan fingerprint density at radius 3 is 2.50 bits per heavy atom. The van der Waals surface area contributed by atoms with Gasteiger partial charge in [0.05, 0.1) is 20.8 Å². The van der Waals surface area contributed by atoms with Crippen molar-refractivity contribution < 1.29 is 28.8 Å². The zero-order valence-corrected chi connectivity index (χ0v) is 19.6. The van der Waals surface area contributed by atoms with Gasteiger partial charge in [-0.2, -0.15) is 0 Å². The van der Waals surface area contributed by atoms with Crippen LogP contribution >= 0.6 is 11.8 Å². The van der Waals surface area contributed by atoms with E-state index in [4.69, 9.17) is 25.4 Å². The van der Waals surface area contributed by atoms with E-state index in [-0.39, 0.29) is 16.7 Å². The first kappa shape index (κ1) is 24.5. The summed E-state index contributed by atoms with van der Waals surface area (Å²) in [5, 5.41) is 16.9. The molecule has 0 radical (unpaired) electrons. The van der Waals surface area contributed by atoms with Gasteiger partial charge in [-0.3, -0.25) is 5.10 Å². The van der Waals surface area contributed by atoms with Gasteiger partial charge in [0.1, 0.15) is 23.0 Å². The van der Waals surface area contributed by atoms with E-state index in [1.807, 2.05) is 6.92 Å². The Hall–Kier alpha value is -4.10. The van der Waals surface area contributed by atoms with Gasteiger partial charge in [-0.25, -0.2) is 9.78 Å². The van der Waals surface area contributed by atoms with E-state index in [0.29, 0.717) is 46.6 Å². The maximum absolute atomic E-state index is 11.9. The smallest absolute Gasteiger partial charge is 0.342 e. The Labute approximate surface area is 201 Å². The number of rotatable bonds is 11. The fraction of sp³-hybridized carbons (Fsp3) is 0.208. The highest BCUT2D eigenvalue weighted by molar-refractivity contribution is 8.04. The highest BCUT2D eigenvalue weighted by Gasteiger charge is 2.16. The van der Waals surface area contributed by atoms with Crippen molar-refractivity contribution in [1.82, 2.24) is 15.2 Å². The molecule has 0 spiro atoms. The Balaban J connectivity index is 1.87. The van der Waals surface area contributed by atoms with Crippen LogP contribution in [0.25, 0.3) is 17.5 Å². The predicted molar refractivity (Wildman–Crippen MR) is 128 cm³/mol. The monoisotopic (exact) mass is 481 g/mol. The molecule has 0 unspecified atom stereocenters. The topological polar surface area (TPSA) is 116 Å². The normalized spacial score (nSPS) is 10.9. The summed E-state index contributed by atoms with van der Waals surface area (Å²) in [6, 6.07) is 10.4. The van der Waals surface area contributed by atoms with Crippen LogP contribution in [0.4, 0.5) is 0 Å². The molecule has 0 aliphatic heterocycles. The third kappa shape index (κ3) is 6.24. The molecule has 3 rings (SSSR count). The molecule has 2 aromatic carbocycles. The number of nitrogens with zero attached hydrogens (tertiary/aromatic N) is 2. The molecule has 1 aromatic heterocycles. The Kier molecular flexibility index (Phi) is 8.43. The van der Waals surface area contributed by atoms with Gasteiger partial charge in [-0.15, -0.1) is 11.5 Å². The third-order valence-electron chi connectivity index (χ3n) is 4.38. The Morgan fingerprint density at radius 2 is 1.88 bits per heavy atom. The summed E-state index contributed by atoms with van der Waals surface area (Å²) < 4.78 is 21.6. The van der Waals surface area contributed by atoms with Gasteiger partial charge in [0, 0.05) is 11.6 Å². The molecule has 0 bridgehead atoms. The molecule has 1 heterocycles. The molecule has 9 nitrogen and oxygen atoms in total. The summed E-state index contributed by atoms with van der Waals surface area (Å²) in [6.07, 6.45) is 6.76. The summed E-state index contributed by atoms with van der Waals surface area (Å²) in [6.45, 7) is 2.34. The van der Waals surface area contributed by atoms with Crippen molar-refractivity contribution in [3.63, 3.8) is 0 Å². The largest absolute Gasteiger partial charge is 0.497 e. The van der Waals surface area contributed by atoms with E-state index in [9.17, 15) is 9.90 Å². The van der Waals surface area contributed by atoms with E-state index < -0.39 is 5.97 Å². The van der Waals surface area contributed by atoms with Gasteiger partial charge in [-0.05, 0) is 54.6 Å². The number of benzene rings is 2. The number of hydrogen-bond acceptors (Lipinski definition) is 8. The van der Waals surface area contributed by atoms with Gasteiger partial charge < -0.3 is 24.1 Å². The van der Waals surface area contributed by atoms with E-state index in [0.717, 1.165) is 11.8 Å². The molecule has 176 valence electrons. The van der Waals surface area contributed by atoms with Crippen LogP contribution in [0.5, 0.6) is 23.0 Å². The summed E-state index contributed by atoms with van der Waals surface area (Å²) in [5.41, 5.74) is 1.29. The van der Waals surface area contributed by atoms with Crippen molar-refractivity contribution in [2.45, 2.75) is 12.1 Å². The fourth-order valence-corrected chi connectivity index (χ4v) is 3.58. The van der Waals surface area contributed by atoms with E-state index in [1.165, 1.54) is 6.08 Å². The van der Waals surface area contributed by atoms with Crippen LogP contribution in [0.2, 0.25) is 0 Å². The number of hydrogen-bond donors (Lipinski definition) is 2. The zero-order valence-electron chi connectivity index (χ0n) is 18.8. The second-order valence-corrected chi connectivity index (χ2v) is 7.62. The Bertz CT molecular complexity index is 1210. The van der Waals surface area contributed by atoms with Crippen molar-refractivity contribution in [1.29, 1.82) is 0 Å². The van der Waals surface area contributed by atoms with Crippen molar-refractivity contribution in [3.8, 4) is 46.7 Å². The lowest BCUT2D eigenvalue weighted by molar-refractivity contribution is -0.131. The van der Waals surface area contributed by atoms with Gasteiger partial charge in [0.2, 0.25) is 5.16 Å². The first-order valence-electron chi connectivity index (χ1n) is 10.1. The number of aromatic nitrogens is 3. The lowest BCUT2D eigenvalue weighted by Crippen LogP contribution is -2.00. The molecule has 0 atom stereocenters. The number of ether oxygens (including phenoxy) is 4. The molecular weight excluding hydrogens is 458 g/mol. The van der Waals surface area contributed by atoms with Crippen LogP contribution in [0.3, 0.4) is 0 Å². The minimum atomic E-state index is -1.12. The molecular formula is C24H23N3O6S. The van der Waals surface area contributed by atoms with Crippen molar-refractivity contribution >= 4 is 23.8 Å². The average Bonchev–Trinajstić information content (AvgIpc) is 3.31. The van der Waals surface area contributed by atoms with Crippen LogP contribution in [0, 0.1) is 12.3 Å². The molecule has 2 N–H and O–H groups in total. The molecule has 34 heavy (non-hydrogen) atoms. The van der Waals surface area contributed by atoms with Crippen LogP contribution in [-0.4, -0.2) is 53.7 Å². The predicted octanol–water partition coefficient (Wildman–Crippen LogP) is 4.12. The number of nitrogens with one attached hydrogen (secondary N) is 1. The van der Waals surface area contributed by atoms with Crippen molar-refractivity contribution in [2.75, 3.05) is 27.4 Å².